The maximum absolute atomic E-state index is 13.3. The number of rotatable bonds is 15. The minimum atomic E-state index is -0.503. The zero-order valence-corrected chi connectivity index (χ0v) is 52.7. The number of aryl methyl sites for hydroxylation is 8. The molecule has 8 N–H and O–H groups in total. The number of nitrogens with zero attached hydrogens (tertiary/aromatic N) is 12. The van der Waals surface area contributed by atoms with Crippen molar-refractivity contribution in [1.29, 1.82) is 0 Å². The van der Waals surface area contributed by atoms with E-state index in [-0.39, 0.29) is 68.9 Å². The van der Waals surface area contributed by atoms with Crippen LogP contribution in [0, 0.1) is 59.1 Å². The Labute approximate surface area is 538 Å². The molecule has 0 atom stereocenters. The van der Waals surface area contributed by atoms with E-state index in [1.165, 1.54) is 86.5 Å². The van der Waals surface area contributed by atoms with Gasteiger partial charge in [0.2, 0.25) is 29.7 Å². The second-order valence-electron chi connectivity index (χ2n) is 21.4. The van der Waals surface area contributed by atoms with Crippen molar-refractivity contribution in [3.8, 4) is 29.5 Å². The lowest BCUT2D eigenvalue weighted by Gasteiger charge is -2.10. The number of ether oxygens (including phenoxy) is 1. The summed E-state index contributed by atoms with van der Waals surface area (Å²) < 4.78 is 37.3. The maximum Gasteiger partial charge on any atom is 0.260 e. The number of amides is 4. The smallest absolute Gasteiger partial charge is 0.260 e. The van der Waals surface area contributed by atoms with Gasteiger partial charge in [-0.15, -0.1) is 0 Å². The largest absolute Gasteiger partial charge is 0.496 e. The predicted molar refractivity (Wildman–Crippen MR) is 346 cm³/mol. The third-order valence-electron chi connectivity index (χ3n) is 13.6. The fourth-order valence-electron chi connectivity index (χ4n) is 9.10. The quantitative estimate of drug-likeness (QED) is 0.0503. The van der Waals surface area contributed by atoms with Gasteiger partial charge in [0.15, 0.2) is 0 Å². The molecule has 488 valence electrons. The molecule has 8 heterocycles. The first kappa shape index (κ1) is 67.0. The summed E-state index contributed by atoms with van der Waals surface area (Å²) in [7, 11) is 1.50. The fraction of sp³-hybridized carbons (Fsp3) is 0.219. The zero-order valence-electron chi connectivity index (χ0n) is 52.7. The van der Waals surface area contributed by atoms with Gasteiger partial charge in [0.05, 0.1) is 35.4 Å². The Kier molecular flexibility index (Phi) is 20.9. The summed E-state index contributed by atoms with van der Waals surface area (Å²) in [6, 6.07) is 29.9. The number of nitrogens with one attached hydrogen (secondary N) is 8. The topological polar surface area (TPSA) is 380 Å². The van der Waals surface area contributed by atoms with Gasteiger partial charge in [0.1, 0.15) is 40.7 Å². The number of benzene rings is 3. The summed E-state index contributed by atoms with van der Waals surface area (Å²) in [4.78, 5) is 123. The minimum Gasteiger partial charge on any atom is -0.496 e. The monoisotopic (exact) mass is 1290 g/mol. The molecule has 0 spiro atoms. The number of methoxy groups -OCH3 is 1. The number of halogens is 2. The lowest BCUT2D eigenvalue weighted by molar-refractivity contribution is -0.117. The second kappa shape index (κ2) is 29.7. The number of carbonyl (C=O) groups excluding carboxylic acids is 4. The average Bonchev–Trinajstić information content (AvgIpc) is 1.74. The normalized spacial score (nSPS) is 11.4. The van der Waals surface area contributed by atoms with Gasteiger partial charge < -0.3 is 26.0 Å². The summed E-state index contributed by atoms with van der Waals surface area (Å²) in [5, 5.41) is 28.0. The maximum atomic E-state index is 13.3. The Morgan fingerprint density at radius 2 is 0.811 bits per heavy atom. The lowest BCUT2D eigenvalue weighted by Crippen LogP contribution is -2.20. The molecule has 4 amide bonds. The molecule has 0 radical (unpaired) electrons. The molecule has 29 nitrogen and oxygen atoms in total. The second-order valence-corrected chi connectivity index (χ2v) is 21.4. The van der Waals surface area contributed by atoms with Gasteiger partial charge >= 0.3 is 0 Å². The van der Waals surface area contributed by atoms with Crippen molar-refractivity contribution < 1.29 is 32.7 Å². The summed E-state index contributed by atoms with van der Waals surface area (Å²) in [5.41, 5.74) is 4.58. The van der Waals surface area contributed by atoms with Gasteiger partial charge in [-0.05, 0) is 116 Å². The van der Waals surface area contributed by atoms with Crippen LogP contribution in [0.2, 0.25) is 0 Å². The SMILES string of the molecule is CCc1cc(=O)[nH]c(-n2nc(C)cc2NC(=O)C2CC2)n1.CCc1cc(=O)[nH]c(-n2nc(C)cc2NC(=O)c2cccc(F)c2)n1.COc1ccccc1C(=O)Nc1cc(C)nn1-c1nc(C)cc(=O)[nH]1.Cc1cc(=O)[nH]c(-n2nc(C)cc2NC(=O)c2cccc(F)c2)n1. The summed E-state index contributed by atoms with van der Waals surface area (Å²) in [5.74, 6) is 0.700. The Bertz CT molecular complexity index is 4920. The van der Waals surface area contributed by atoms with Crippen molar-refractivity contribution in [2.75, 3.05) is 28.4 Å². The van der Waals surface area contributed by atoms with Gasteiger partial charge in [-0.2, -0.15) is 39.1 Å². The van der Waals surface area contributed by atoms with E-state index < -0.39 is 23.4 Å². The summed E-state index contributed by atoms with van der Waals surface area (Å²) >= 11 is 0. The molecule has 31 heteroatoms. The van der Waals surface area contributed by atoms with Crippen LogP contribution in [0.15, 0.2) is 141 Å². The van der Waals surface area contributed by atoms with Gasteiger partial charge in [-0.25, -0.2) is 28.7 Å². The summed E-state index contributed by atoms with van der Waals surface area (Å²) in [6.07, 6.45) is 3.10. The number of carbonyl (C=O) groups is 4. The standard InChI is InChI=1S/C17H16FN5O2.C17H17N5O3.C16H14FN5O2.C14H17N5O2/c1-3-13-9-15(24)21-17(19-13)23-14(7-10(2)22-23)20-16(25)11-5-4-6-12(18)8-11;1-10-9-15(23)20-17(18-10)22-14(8-11(2)21-22)19-16(24)12-6-4-5-7-13(12)25-3;1-9-7-14(23)20-16(18-9)22-13(6-10(2)21-22)19-15(24)11-4-3-5-12(17)8-11;1-3-10-7-12(20)17-14(15-10)19-11(6-8(2)18-19)16-13(21)9-4-5-9/h4-9H,3H2,1-2H3,(H,20,25)(H,19,21,24);4-9H,1-3H3,(H,19,24)(H,18,20,23);3-8H,1-2H3,(H,19,24)(H,18,20,23);6-7,9H,3-5H2,1-2H3,(H,16,21)(H,15,17,20). The minimum absolute atomic E-state index is 0.00913. The number of anilines is 4. The molecule has 1 saturated carbocycles. The Morgan fingerprint density at radius 3 is 1.17 bits per heavy atom. The van der Waals surface area contributed by atoms with Crippen LogP contribution in [0.1, 0.15) is 103 Å². The van der Waals surface area contributed by atoms with E-state index in [4.69, 9.17) is 4.74 Å². The van der Waals surface area contributed by atoms with E-state index in [2.05, 4.69) is 81.5 Å². The van der Waals surface area contributed by atoms with Gasteiger partial charge in [0, 0.05) is 88.4 Å². The van der Waals surface area contributed by atoms with E-state index in [0.29, 0.717) is 93.2 Å². The van der Waals surface area contributed by atoms with Crippen molar-refractivity contribution in [3.05, 3.63) is 237 Å². The van der Waals surface area contributed by atoms with Gasteiger partial charge in [-0.1, -0.05) is 38.1 Å². The van der Waals surface area contributed by atoms with Crippen molar-refractivity contribution in [2.24, 2.45) is 5.92 Å². The Morgan fingerprint density at radius 1 is 0.453 bits per heavy atom. The molecule has 0 saturated heterocycles. The third-order valence-corrected chi connectivity index (χ3v) is 13.6. The van der Waals surface area contributed by atoms with E-state index in [1.807, 2.05) is 20.8 Å². The first-order valence-electron chi connectivity index (χ1n) is 29.5. The molecule has 0 bridgehead atoms. The molecule has 1 aliphatic carbocycles. The number of hydrogen-bond acceptors (Lipinski definition) is 17. The van der Waals surface area contributed by atoms with E-state index in [0.717, 1.165) is 30.7 Å². The molecule has 3 aromatic carbocycles. The van der Waals surface area contributed by atoms with Crippen LogP contribution in [0.3, 0.4) is 0 Å². The highest BCUT2D eigenvalue weighted by Crippen LogP contribution is 2.31. The fourth-order valence-corrected chi connectivity index (χ4v) is 9.10. The summed E-state index contributed by atoms with van der Waals surface area (Å²) in [6.45, 7) is 14.3. The number of H-pyrrole nitrogens is 4. The lowest BCUT2D eigenvalue weighted by atomic mass is 10.2. The highest BCUT2D eigenvalue weighted by atomic mass is 19.1. The first-order chi connectivity index (χ1) is 45.4. The number of aromatic nitrogens is 16. The molecule has 1 aliphatic rings. The highest BCUT2D eigenvalue weighted by Gasteiger charge is 2.31. The van der Waals surface area contributed by atoms with Crippen LogP contribution in [-0.4, -0.2) is 110 Å². The Balaban J connectivity index is 0.000000149. The molecule has 12 rings (SSSR count). The molecular weight excluding hydrogens is 1230 g/mol. The van der Waals surface area contributed by atoms with Crippen LogP contribution < -0.4 is 48.2 Å². The first-order valence-corrected chi connectivity index (χ1v) is 29.5. The predicted octanol–water partition coefficient (Wildman–Crippen LogP) is 7.19. The molecule has 1 fully saturated rings. The van der Waals surface area contributed by atoms with Gasteiger partial charge in [0.25, 0.3) is 40.0 Å². The van der Waals surface area contributed by atoms with Crippen LogP contribution in [0.25, 0.3) is 23.8 Å². The third kappa shape index (κ3) is 17.5. The molecule has 95 heavy (non-hydrogen) atoms. The van der Waals surface area contributed by atoms with Gasteiger partial charge in [-0.3, -0.25) is 58.3 Å². The van der Waals surface area contributed by atoms with Crippen molar-refractivity contribution in [1.82, 2.24) is 79.0 Å². The Hall–Kier alpha value is -12.4. The molecular formula is C64H64F2N20O9. The number of hydrogen-bond donors (Lipinski definition) is 8. The van der Waals surface area contributed by atoms with E-state index in [9.17, 15) is 47.1 Å². The van der Waals surface area contributed by atoms with E-state index >= 15 is 0 Å². The molecule has 8 aromatic heterocycles. The van der Waals surface area contributed by atoms with Crippen molar-refractivity contribution >= 4 is 46.9 Å². The van der Waals surface area contributed by atoms with Crippen molar-refractivity contribution in [2.45, 2.75) is 81.1 Å². The van der Waals surface area contributed by atoms with Crippen LogP contribution in [-0.2, 0) is 17.6 Å². The van der Waals surface area contributed by atoms with E-state index in [1.54, 1.807) is 83.1 Å². The molecule has 11 aromatic rings. The average molecular weight is 1300 g/mol. The number of para-hydroxylation sites is 1. The van der Waals surface area contributed by atoms with Crippen LogP contribution in [0.5, 0.6) is 5.75 Å². The highest BCUT2D eigenvalue weighted by molar-refractivity contribution is 6.06. The molecule has 0 unspecified atom stereocenters. The van der Waals surface area contributed by atoms with Crippen LogP contribution in [0.4, 0.5) is 32.1 Å². The van der Waals surface area contributed by atoms with Crippen molar-refractivity contribution in [3.63, 3.8) is 0 Å². The zero-order chi connectivity index (χ0) is 68.2. The molecule has 0 aliphatic heterocycles. The van der Waals surface area contributed by atoms with Crippen LogP contribution >= 0.6 is 0 Å². The number of aromatic amines is 4.